The molecular weight excluding hydrogens is 319 g/mol. The number of carbonyl (C=O) groups is 1. The molecule has 2 saturated heterocycles. The third kappa shape index (κ3) is 3.10. The van der Waals surface area contributed by atoms with Crippen LogP contribution in [0, 0.1) is 11.2 Å². The Balaban J connectivity index is 1.78. The van der Waals surface area contributed by atoms with E-state index in [2.05, 4.69) is 9.80 Å². The summed E-state index contributed by atoms with van der Waals surface area (Å²) >= 11 is 5.96. The van der Waals surface area contributed by atoms with Crippen LogP contribution in [0.2, 0.25) is 5.02 Å². The first-order chi connectivity index (χ1) is 10.9. The Morgan fingerprint density at radius 1 is 1.43 bits per heavy atom. The molecule has 1 N–H and O–H groups in total. The number of aliphatic carboxylic acids is 1. The van der Waals surface area contributed by atoms with Gasteiger partial charge in [-0.2, -0.15) is 0 Å². The first-order valence-corrected chi connectivity index (χ1v) is 8.40. The Labute approximate surface area is 140 Å². The van der Waals surface area contributed by atoms with Crippen molar-refractivity contribution in [1.29, 1.82) is 0 Å². The van der Waals surface area contributed by atoms with Crippen LogP contribution in [0.4, 0.5) is 4.39 Å². The minimum atomic E-state index is -0.692. The van der Waals surface area contributed by atoms with Gasteiger partial charge in [-0.05, 0) is 57.6 Å². The molecule has 2 aliphatic heterocycles. The summed E-state index contributed by atoms with van der Waals surface area (Å²) in [6.07, 6.45) is 2.26. The number of hydrogen-bond donors (Lipinski definition) is 1. The molecule has 0 saturated carbocycles. The van der Waals surface area contributed by atoms with E-state index in [1.807, 2.05) is 7.05 Å². The summed E-state index contributed by atoms with van der Waals surface area (Å²) in [5, 5.41) is 10.3. The van der Waals surface area contributed by atoms with Gasteiger partial charge in [0.2, 0.25) is 0 Å². The number of carboxylic acid groups (broad SMARTS) is 1. The van der Waals surface area contributed by atoms with E-state index in [0.29, 0.717) is 36.6 Å². The summed E-state index contributed by atoms with van der Waals surface area (Å²) in [5.74, 6) is -0.955. The summed E-state index contributed by atoms with van der Waals surface area (Å²) in [7, 11) is 1.99. The smallest absolute Gasteiger partial charge is 0.311 e. The molecule has 0 bridgehead atoms. The van der Waals surface area contributed by atoms with Gasteiger partial charge < -0.3 is 10.0 Å². The summed E-state index contributed by atoms with van der Waals surface area (Å²) in [5.41, 5.74) is -0.0880. The zero-order valence-electron chi connectivity index (χ0n) is 13.3. The average molecular weight is 341 g/mol. The zero-order chi connectivity index (χ0) is 16.6. The van der Waals surface area contributed by atoms with Gasteiger partial charge >= 0.3 is 5.97 Å². The molecule has 1 aromatic carbocycles. The maximum Gasteiger partial charge on any atom is 0.311 e. The Hall–Kier alpha value is -1.17. The summed E-state index contributed by atoms with van der Waals surface area (Å²) in [4.78, 5) is 16.2. The maximum absolute atomic E-state index is 13.9. The van der Waals surface area contributed by atoms with Gasteiger partial charge in [0.05, 0.1) is 5.41 Å². The lowest BCUT2D eigenvalue weighted by Gasteiger charge is -2.51. The summed E-state index contributed by atoms with van der Waals surface area (Å²) in [6, 6.07) is 4.56. The molecule has 0 radical (unpaired) electrons. The molecular formula is C17H22ClFN2O2. The quantitative estimate of drug-likeness (QED) is 0.919. The van der Waals surface area contributed by atoms with Crippen LogP contribution in [-0.4, -0.2) is 53.6 Å². The van der Waals surface area contributed by atoms with E-state index in [1.165, 1.54) is 6.07 Å². The summed E-state index contributed by atoms with van der Waals surface area (Å²) < 4.78 is 13.9. The molecule has 23 heavy (non-hydrogen) atoms. The van der Waals surface area contributed by atoms with E-state index in [0.717, 1.165) is 19.4 Å². The number of piperidine rings is 2. The fourth-order valence-electron chi connectivity index (χ4n) is 4.09. The predicted octanol–water partition coefficient (Wildman–Crippen LogP) is 2.85. The molecule has 2 aliphatic rings. The van der Waals surface area contributed by atoms with Gasteiger partial charge in [0.25, 0.3) is 0 Å². The maximum atomic E-state index is 13.9. The number of carboxylic acids is 1. The molecule has 0 amide bonds. The molecule has 126 valence electrons. The molecule has 4 nitrogen and oxygen atoms in total. The van der Waals surface area contributed by atoms with E-state index in [9.17, 15) is 14.3 Å². The summed E-state index contributed by atoms with van der Waals surface area (Å²) in [6.45, 7) is 2.70. The molecule has 2 heterocycles. The molecule has 1 aromatic rings. The van der Waals surface area contributed by atoms with Gasteiger partial charge in [-0.25, -0.2) is 4.39 Å². The van der Waals surface area contributed by atoms with Crippen molar-refractivity contribution in [3.05, 3.63) is 34.6 Å². The number of fused-ring (bicyclic) bond motifs is 1. The lowest BCUT2D eigenvalue weighted by Crippen LogP contribution is -2.62. The van der Waals surface area contributed by atoms with E-state index >= 15 is 0 Å². The minimum absolute atomic E-state index is 0.0234. The lowest BCUT2D eigenvalue weighted by atomic mass is 9.68. The van der Waals surface area contributed by atoms with Crippen LogP contribution in [0.1, 0.15) is 24.8 Å². The van der Waals surface area contributed by atoms with Gasteiger partial charge in [-0.1, -0.05) is 11.6 Å². The van der Waals surface area contributed by atoms with E-state index < -0.39 is 11.4 Å². The highest BCUT2D eigenvalue weighted by molar-refractivity contribution is 6.30. The van der Waals surface area contributed by atoms with Gasteiger partial charge in [-0.15, -0.1) is 0 Å². The Morgan fingerprint density at radius 2 is 2.22 bits per heavy atom. The first kappa shape index (κ1) is 16.7. The van der Waals surface area contributed by atoms with Crippen molar-refractivity contribution >= 4 is 17.6 Å². The fraction of sp³-hybridized carbons (Fsp3) is 0.588. The third-order valence-corrected chi connectivity index (χ3v) is 5.67. The van der Waals surface area contributed by atoms with Crippen molar-refractivity contribution in [2.24, 2.45) is 5.41 Å². The molecule has 3 rings (SSSR count). The Morgan fingerprint density at radius 3 is 2.96 bits per heavy atom. The van der Waals surface area contributed by atoms with Crippen molar-refractivity contribution in [1.82, 2.24) is 9.80 Å². The lowest BCUT2D eigenvalue weighted by molar-refractivity contribution is -0.162. The average Bonchev–Trinajstić information content (AvgIpc) is 2.51. The Bertz CT molecular complexity index is 612. The van der Waals surface area contributed by atoms with Crippen LogP contribution in [0.5, 0.6) is 0 Å². The minimum Gasteiger partial charge on any atom is -0.481 e. The van der Waals surface area contributed by atoms with Gasteiger partial charge in [0.15, 0.2) is 0 Å². The van der Waals surface area contributed by atoms with Crippen molar-refractivity contribution in [3.63, 3.8) is 0 Å². The predicted molar refractivity (Wildman–Crippen MR) is 87.0 cm³/mol. The van der Waals surface area contributed by atoms with Gasteiger partial charge in [0, 0.05) is 29.7 Å². The van der Waals surface area contributed by atoms with Crippen LogP contribution in [0.15, 0.2) is 18.2 Å². The highest BCUT2D eigenvalue weighted by Gasteiger charge is 2.52. The van der Waals surface area contributed by atoms with Crippen molar-refractivity contribution in [2.75, 3.05) is 26.7 Å². The molecule has 2 fully saturated rings. The largest absolute Gasteiger partial charge is 0.481 e. The van der Waals surface area contributed by atoms with Crippen LogP contribution < -0.4 is 0 Å². The molecule has 0 aliphatic carbocycles. The van der Waals surface area contributed by atoms with Crippen molar-refractivity contribution in [3.8, 4) is 0 Å². The molecule has 6 heteroatoms. The second kappa shape index (κ2) is 6.38. The van der Waals surface area contributed by atoms with Crippen LogP contribution in [0.25, 0.3) is 0 Å². The number of hydrogen-bond acceptors (Lipinski definition) is 3. The number of nitrogens with zero attached hydrogens (tertiary/aromatic N) is 2. The van der Waals surface area contributed by atoms with Crippen molar-refractivity contribution in [2.45, 2.75) is 31.8 Å². The number of benzene rings is 1. The monoisotopic (exact) mass is 340 g/mol. The fourth-order valence-corrected chi connectivity index (χ4v) is 4.29. The number of likely N-dealkylation sites (tertiary alicyclic amines) is 2. The number of halogens is 2. The number of rotatable bonds is 3. The molecule has 0 unspecified atom stereocenters. The van der Waals surface area contributed by atoms with E-state index in [-0.39, 0.29) is 11.9 Å². The van der Waals surface area contributed by atoms with E-state index in [1.54, 1.807) is 12.1 Å². The second-order valence-electron chi connectivity index (χ2n) is 6.78. The standard InChI is InChI=1S/C17H22ClFN2O2/c1-20-7-2-5-17(16(22)23)6-8-21(11-15(17)20)10-12-9-13(18)3-4-14(12)19/h3-4,9,15H,2,5-8,10-11H2,1H3,(H,22,23)/t15-,17+/m1/s1. The van der Waals surface area contributed by atoms with E-state index in [4.69, 9.17) is 11.6 Å². The van der Waals surface area contributed by atoms with Gasteiger partial charge in [0.1, 0.15) is 5.82 Å². The second-order valence-corrected chi connectivity index (χ2v) is 7.22. The molecule has 0 aromatic heterocycles. The topological polar surface area (TPSA) is 43.8 Å². The van der Waals surface area contributed by atoms with Crippen LogP contribution in [0.3, 0.4) is 0 Å². The molecule has 2 atom stereocenters. The third-order valence-electron chi connectivity index (χ3n) is 5.44. The Kier molecular flexibility index (Phi) is 4.63. The molecule has 0 spiro atoms. The van der Waals surface area contributed by atoms with Crippen LogP contribution >= 0.6 is 11.6 Å². The number of likely N-dealkylation sites (N-methyl/N-ethyl adjacent to an activating group) is 1. The zero-order valence-corrected chi connectivity index (χ0v) is 14.0. The normalized spacial score (nSPS) is 29.3. The van der Waals surface area contributed by atoms with Gasteiger partial charge in [-0.3, -0.25) is 9.69 Å². The highest BCUT2D eigenvalue weighted by Crippen LogP contribution is 2.42. The van der Waals surface area contributed by atoms with Crippen LogP contribution in [-0.2, 0) is 11.3 Å². The first-order valence-electron chi connectivity index (χ1n) is 8.02. The van der Waals surface area contributed by atoms with Crippen molar-refractivity contribution < 1.29 is 14.3 Å². The SMILES string of the molecule is CN1CCC[C@]2(C(=O)O)CCN(Cc3cc(Cl)ccc3F)C[C@@H]12. The highest BCUT2D eigenvalue weighted by atomic mass is 35.5.